The summed E-state index contributed by atoms with van der Waals surface area (Å²) in [5, 5.41) is 44.5. The molecule has 0 saturated heterocycles. The van der Waals surface area contributed by atoms with Gasteiger partial charge in [0, 0.05) is 62.8 Å². The molecule has 13 heteroatoms. The number of ether oxygens (including phenoxy) is 1. The lowest BCUT2D eigenvalue weighted by Gasteiger charge is -2.09. The molecule has 0 unspecified atom stereocenters. The molecule has 5 aromatic carbocycles. The van der Waals surface area contributed by atoms with Gasteiger partial charge in [-0.2, -0.15) is 10.5 Å². The highest BCUT2D eigenvalue weighted by atomic mass is 16.5. The monoisotopic (exact) mass is 824 g/mol. The number of carboxylic acid groups (broad SMARTS) is 2. The molecule has 0 aliphatic heterocycles. The summed E-state index contributed by atoms with van der Waals surface area (Å²) in [5.41, 5.74) is 4.66. The van der Waals surface area contributed by atoms with Gasteiger partial charge in [-0.25, -0.2) is 0 Å². The van der Waals surface area contributed by atoms with Gasteiger partial charge in [-0.05, 0) is 66.6 Å². The zero-order valence-electron chi connectivity index (χ0n) is 33.5. The van der Waals surface area contributed by atoms with Crippen LogP contribution in [-0.4, -0.2) is 43.1 Å². The number of aliphatic carboxylic acids is 2. The van der Waals surface area contributed by atoms with Crippen LogP contribution in [0, 0.1) is 22.7 Å². The molecule has 0 aliphatic rings. The van der Waals surface area contributed by atoms with E-state index in [2.05, 4.69) is 17.6 Å². The van der Waals surface area contributed by atoms with Crippen molar-refractivity contribution < 1.29 is 34.1 Å². The minimum atomic E-state index is -0.984. The van der Waals surface area contributed by atoms with E-state index in [4.69, 9.17) is 14.9 Å². The summed E-state index contributed by atoms with van der Waals surface area (Å²) in [4.78, 5) is 47.9. The van der Waals surface area contributed by atoms with Gasteiger partial charge in [-0.1, -0.05) is 92.2 Å². The maximum Gasteiger partial charge on any atom is 0.323 e. The lowest BCUT2D eigenvalue weighted by Crippen LogP contribution is -2.14. The van der Waals surface area contributed by atoms with Crippen molar-refractivity contribution in [2.75, 3.05) is 10.6 Å². The zero-order valence-corrected chi connectivity index (χ0v) is 33.5. The van der Waals surface area contributed by atoms with Crippen LogP contribution in [0.25, 0.3) is 34.0 Å². The first-order valence-electron chi connectivity index (χ1n) is 19.4. The Labute approximate surface area is 356 Å². The van der Waals surface area contributed by atoms with Crippen molar-refractivity contribution in [3.63, 3.8) is 0 Å². The van der Waals surface area contributed by atoms with E-state index in [1.54, 1.807) is 57.9 Å². The first-order chi connectivity index (χ1) is 30.1. The Hall–Kier alpha value is -8.68. The number of benzene rings is 5. The molecular weight excluding hydrogens is 785 g/mol. The molecule has 0 aliphatic carbocycles. The molecule has 2 aromatic heterocycles. The van der Waals surface area contributed by atoms with Gasteiger partial charge >= 0.3 is 11.9 Å². The molecule has 7 aromatic rings. The Morgan fingerprint density at radius 2 is 1.13 bits per heavy atom. The van der Waals surface area contributed by atoms with E-state index in [9.17, 15) is 29.7 Å². The minimum Gasteiger partial charge on any atom is -0.480 e. The van der Waals surface area contributed by atoms with Crippen LogP contribution in [0.4, 0.5) is 11.4 Å². The van der Waals surface area contributed by atoms with Crippen LogP contribution in [0.2, 0.25) is 0 Å². The maximum atomic E-state index is 12.8. The Kier molecular flexibility index (Phi) is 14.1. The molecule has 0 radical (unpaired) electrons. The quantitative estimate of drug-likeness (QED) is 0.0609. The number of nitriles is 2. The van der Waals surface area contributed by atoms with E-state index in [-0.39, 0.29) is 24.2 Å². The van der Waals surface area contributed by atoms with Crippen LogP contribution in [0.15, 0.2) is 151 Å². The number of carbonyl (C=O) groups is 4. The van der Waals surface area contributed by atoms with Gasteiger partial charge in [0.15, 0.2) is 0 Å². The minimum absolute atomic E-state index is 0.0467. The normalized spacial score (nSPS) is 11.1. The van der Waals surface area contributed by atoms with Crippen LogP contribution < -0.4 is 15.4 Å². The van der Waals surface area contributed by atoms with E-state index in [0.29, 0.717) is 39.5 Å². The zero-order chi connectivity index (χ0) is 44.0. The predicted octanol–water partition coefficient (Wildman–Crippen LogP) is 9.29. The standard InChI is InChI=1S/C26H19N3O4.C23H21N3O3/c27-15-18(13-19-16-29(17-25(30)31)24-12-5-4-11-23(19)24)26(32)28-20-7-6-10-22(14-20)33-21-8-2-1-3-9-21;1-2-7-16-8-3-5-10-20(16)25-23(29)17(13-24)12-18-14-26(15-22(27)28)21-11-6-4-9-19(18)21/h1-14,16H,17H2,(H,28,32)(H,30,31);3-6,8-12,14H,2,7,15H2,1H3,(H,25,29)(H,27,28). The fourth-order valence-corrected chi connectivity index (χ4v) is 6.72. The van der Waals surface area contributed by atoms with Crippen molar-refractivity contribution in [2.24, 2.45) is 0 Å². The van der Waals surface area contributed by atoms with Crippen molar-refractivity contribution in [3.05, 3.63) is 168 Å². The van der Waals surface area contributed by atoms with E-state index in [0.717, 1.165) is 34.7 Å². The number of fused-ring (bicyclic) bond motifs is 2. The summed E-state index contributed by atoms with van der Waals surface area (Å²) in [5.74, 6) is -1.82. The van der Waals surface area contributed by atoms with Crippen LogP contribution in [-0.2, 0) is 38.7 Å². The van der Waals surface area contributed by atoms with Gasteiger partial charge in [0.25, 0.3) is 11.8 Å². The summed E-state index contributed by atoms with van der Waals surface area (Å²) in [6.07, 6.45) is 7.99. The molecule has 62 heavy (non-hydrogen) atoms. The SMILES string of the molecule is CCCc1ccccc1NC(=O)C(C#N)=Cc1cn(CC(=O)O)c2ccccc12.N#CC(=Cc1cn(CC(=O)O)c2ccccc12)C(=O)Nc1cccc(Oc2ccccc2)c1. The molecule has 13 nitrogen and oxygen atoms in total. The lowest BCUT2D eigenvalue weighted by molar-refractivity contribution is -0.138. The second-order valence-electron chi connectivity index (χ2n) is 13.8. The highest BCUT2D eigenvalue weighted by molar-refractivity contribution is 6.12. The van der Waals surface area contributed by atoms with Crippen molar-refractivity contribution in [3.8, 4) is 23.6 Å². The number of hydrogen-bond acceptors (Lipinski definition) is 7. The van der Waals surface area contributed by atoms with Crippen molar-refractivity contribution in [1.29, 1.82) is 10.5 Å². The largest absolute Gasteiger partial charge is 0.480 e. The first-order valence-corrected chi connectivity index (χ1v) is 19.4. The summed E-state index contributed by atoms with van der Waals surface area (Å²) >= 11 is 0. The maximum absolute atomic E-state index is 12.8. The number of nitrogens with one attached hydrogen (secondary N) is 2. The number of anilines is 2. The smallest absolute Gasteiger partial charge is 0.323 e. The summed E-state index contributed by atoms with van der Waals surface area (Å²) < 4.78 is 8.94. The van der Waals surface area contributed by atoms with Crippen LogP contribution in [0.1, 0.15) is 30.0 Å². The Balaban J connectivity index is 0.000000209. The summed E-state index contributed by atoms with van der Waals surface area (Å²) in [6.45, 7) is 1.63. The van der Waals surface area contributed by atoms with Gasteiger partial charge < -0.3 is 34.7 Å². The molecule has 0 saturated carbocycles. The van der Waals surface area contributed by atoms with Gasteiger partial charge in [-0.3, -0.25) is 19.2 Å². The summed E-state index contributed by atoms with van der Waals surface area (Å²) in [6, 6.07) is 42.0. The van der Waals surface area contributed by atoms with E-state index in [1.807, 2.05) is 103 Å². The molecule has 2 heterocycles. The second kappa shape index (κ2) is 20.3. The number of carbonyl (C=O) groups excluding carboxylic acids is 2. The molecule has 2 amide bonds. The average Bonchev–Trinajstić information content (AvgIpc) is 3.79. The third-order valence-electron chi connectivity index (χ3n) is 9.44. The van der Waals surface area contributed by atoms with Crippen LogP contribution >= 0.6 is 0 Å². The van der Waals surface area contributed by atoms with Gasteiger partial charge in [0.2, 0.25) is 0 Å². The number of amides is 2. The van der Waals surface area contributed by atoms with E-state index in [1.165, 1.54) is 12.2 Å². The number of rotatable bonds is 14. The van der Waals surface area contributed by atoms with Gasteiger partial charge in [0.05, 0.1) is 0 Å². The Morgan fingerprint density at radius 3 is 1.68 bits per heavy atom. The van der Waals surface area contributed by atoms with Crippen molar-refractivity contribution in [1.82, 2.24) is 9.13 Å². The van der Waals surface area contributed by atoms with Gasteiger partial charge in [0.1, 0.15) is 47.9 Å². The molecule has 0 spiro atoms. The Bertz CT molecular complexity index is 2930. The molecule has 7 rings (SSSR count). The molecule has 0 bridgehead atoms. The average molecular weight is 825 g/mol. The van der Waals surface area contributed by atoms with Crippen molar-refractivity contribution >= 4 is 69.1 Å². The highest BCUT2D eigenvalue weighted by Gasteiger charge is 2.16. The summed E-state index contributed by atoms with van der Waals surface area (Å²) in [7, 11) is 0. The number of para-hydroxylation sites is 4. The van der Waals surface area contributed by atoms with Crippen LogP contribution in [0.5, 0.6) is 11.5 Å². The molecule has 0 fully saturated rings. The van der Waals surface area contributed by atoms with Crippen LogP contribution in [0.3, 0.4) is 0 Å². The van der Waals surface area contributed by atoms with E-state index < -0.39 is 23.8 Å². The first kappa shape index (κ1) is 42.9. The Morgan fingerprint density at radius 1 is 0.629 bits per heavy atom. The topological polar surface area (TPSA) is 199 Å². The lowest BCUT2D eigenvalue weighted by atomic mass is 10.1. The number of aromatic nitrogens is 2. The number of hydrogen-bond donors (Lipinski definition) is 4. The fraction of sp³-hybridized carbons (Fsp3) is 0.102. The number of carboxylic acids is 2. The van der Waals surface area contributed by atoms with E-state index >= 15 is 0 Å². The number of nitrogens with zero attached hydrogens (tertiary/aromatic N) is 4. The third-order valence-corrected chi connectivity index (χ3v) is 9.44. The molecular formula is C49H40N6O7. The van der Waals surface area contributed by atoms with Gasteiger partial charge in [-0.15, -0.1) is 0 Å². The molecule has 0 atom stereocenters. The number of aryl methyl sites for hydroxylation is 1. The second-order valence-corrected chi connectivity index (χ2v) is 13.8. The highest BCUT2D eigenvalue weighted by Crippen LogP contribution is 2.27. The molecule has 4 N–H and O–H groups in total. The predicted molar refractivity (Wildman–Crippen MR) is 237 cm³/mol. The fourth-order valence-electron chi connectivity index (χ4n) is 6.72. The van der Waals surface area contributed by atoms with Crippen molar-refractivity contribution in [2.45, 2.75) is 32.9 Å². The third kappa shape index (κ3) is 10.9. The molecule has 308 valence electrons.